The van der Waals surface area contributed by atoms with Crippen molar-refractivity contribution in [1.82, 2.24) is 4.90 Å². The third-order valence-corrected chi connectivity index (χ3v) is 5.46. The maximum absolute atomic E-state index is 12.7. The highest BCUT2D eigenvalue weighted by molar-refractivity contribution is 6.32. The highest BCUT2D eigenvalue weighted by Gasteiger charge is 2.37. The maximum atomic E-state index is 12.7. The summed E-state index contributed by atoms with van der Waals surface area (Å²) in [5, 5.41) is 13.0. The van der Waals surface area contributed by atoms with Crippen LogP contribution >= 0.6 is 11.6 Å². The van der Waals surface area contributed by atoms with Crippen LogP contribution in [0.3, 0.4) is 0 Å². The molecule has 1 aliphatic heterocycles. The lowest BCUT2D eigenvalue weighted by Gasteiger charge is -2.37. The number of hydrogen-bond acceptors (Lipinski definition) is 4. The van der Waals surface area contributed by atoms with Gasteiger partial charge in [-0.25, -0.2) is 4.79 Å². The van der Waals surface area contributed by atoms with E-state index in [-0.39, 0.29) is 6.03 Å². The molecule has 0 spiro atoms. The van der Waals surface area contributed by atoms with Gasteiger partial charge in [0.05, 0.1) is 36.4 Å². The Hall–Kier alpha value is -2.91. The van der Waals surface area contributed by atoms with E-state index >= 15 is 0 Å². The number of halogens is 1. The van der Waals surface area contributed by atoms with Crippen LogP contribution in [-0.2, 0) is 5.41 Å². The van der Waals surface area contributed by atoms with Crippen LogP contribution < -0.4 is 14.8 Å². The molecule has 1 saturated heterocycles. The molecule has 1 heterocycles. The van der Waals surface area contributed by atoms with Gasteiger partial charge in [0.15, 0.2) is 0 Å². The molecule has 2 amide bonds. The van der Waals surface area contributed by atoms with Crippen LogP contribution in [0.1, 0.15) is 18.4 Å². The monoisotopic (exact) mass is 399 g/mol. The van der Waals surface area contributed by atoms with Crippen molar-refractivity contribution in [2.45, 2.75) is 18.3 Å². The first-order valence-corrected chi connectivity index (χ1v) is 9.35. The van der Waals surface area contributed by atoms with Gasteiger partial charge in [-0.2, -0.15) is 5.26 Å². The number of likely N-dealkylation sites (tertiary alicyclic amines) is 1. The Labute approximate surface area is 169 Å². The minimum Gasteiger partial charge on any atom is -0.495 e. The molecule has 1 aliphatic rings. The number of nitrogens with one attached hydrogen (secondary N) is 1. The van der Waals surface area contributed by atoms with Crippen LogP contribution in [0, 0.1) is 11.3 Å². The summed E-state index contributed by atoms with van der Waals surface area (Å²) in [7, 11) is 3.03. The van der Waals surface area contributed by atoms with E-state index in [4.69, 9.17) is 21.1 Å². The van der Waals surface area contributed by atoms with Gasteiger partial charge in [-0.1, -0.05) is 41.9 Å². The average molecular weight is 400 g/mol. The molecule has 0 aliphatic carbocycles. The summed E-state index contributed by atoms with van der Waals surface area (Å²) in [6.45, 7) is 0.973. The number of urea groups is 1. The van der Waals surface area contributed by atoms with Crippen LogP contribution in [0.25, 0.3) is 0 Å². The lowest BCUT2D eigenvalue weighted by Crippen LogP contribution is -2.46. The molecule has 7 heteroatoms. The van der Waals surface area contributed by atoms with Gasteiger partial charge in [0.25, 0.3) is 0 Å². The lowest BCUT2D eigenvalue weighted by atomic mass is 9.74. The summed E-state index contributed by atoms with van der Waals surface area (Å²) in [5.74, 6) is 0.929. The second-order valence-electron chi connectivity index (χ2n) is 6.66. The number of nitrogens with zero attached hydrogens (tertiary/aromatic N) is 2. The quantitative estimate of drug-likeness (QED) is 0.824. The van der Waals surface area contributed by atoms with Gasteiger partial charge >= 0.3 is 6.03 Å². The first-order valence-electron chi connectivity index (χ1n) is 8.97. The Morgan fingerprint density at radius 1 is 1.14 bits per heavy atom. The normalized spacial score (nSPS) is 15.4. The molecule has 28 heavy (non-hydrogen) atoms. The number of amides is 2. The van der Waals surface area contributed by atoms with Crippen molar-refractivity contribution in [2.75, 3.05) is 32.6 Å². The Morgan fingerprint density at radius 3 is 2.36 bits per heavy atom. The van der Waals surface area contributed by atoms with Gasteiger partial charge in [0.1, 0.15) is 11.5 Å². The SMILES string of the molecule is COc1cc(OC)c(NC(=O)N2CCC(C#N)(c3ccccc3)CC2)cc1Cl. The maximum Gasteiger partial charge on any atom is 0.321 e. The predicted molar refractivity (Wildman–Crippen MR) is 108 cm³/mol. The van der Waals surface area contributed by atoms with Crippen LogP contribution in [0.5, 0.6) is 11.5 Å². The number of piperidine rings is 1. The molecule has 0 radical (unpaired) electrons. The van der Waals surface area contributed by atoms with E-state index in [2.05, 4.69) is 11.4 Å². The molecule has 0 unspecified atom stereocenters. The van der Waals surface area contributed by atoms with E-state index < -0.39 is 5.41 Å². The van der Waals surface area contributed by atoms with Gasteiger partial charge in [-0.15, -0.1) is 0 Å². The number of rotatable bonds is 4. The highest BCUT2D eigenvalue weighted by Crippen LogP contribution is 2.37. The van der Waals surface area contributed by atoms with Crippen molar-refractivity contribution in [3.63, 3.8) is 0 Å². The molecule has 6 nitrogen and oxygen atoms in total. The summed E-state index contributed by atoms with van der Waals surface area (Å²) in [6.07, 6.45) is 1.17. The van der Waals surface area contributed by atoms with Crippen LogP contribution in [0.15, 0.2) is 42.5 Å². The smallest absolute Gasteiger partial charge is 0.321 e. The van der Waals surface area contributed by atoms with Gasteiger partial charge in [-0.05, 0) is 24.5 Å². The number of carbonyl (C=O) groups is 1. The number of hydrogen-bond donors (Lipinski definition) is 1. The van der Waals surface area contributed by atoms with Crippen molar-refractivity contribution < 1.29 is 14.3 Å². The topological polar surface area (TPSA) is 74.6 Å². The fourth-order valence-electron chi connectivity index (χ4n) is 3.47. The molecule has 0 aromatic heterocycles. The Kier molecular flexibility index (Phi) is 5.96. The van der Waals surface area contributed by atoms with Gasteiger partial charge in [-0.3, -0.25) is 0 Å². The zero-order valence-electron chi connectivity index (χ0n) is 15.9. The third-order valence-electron chi connectivity index (χ3n) is 5.16. The van der Waals surface area contributed by atoms with Crippen molar-refractivity contribution in [1.29, 1.82) is 5.26 Å². The number of nitriles is 1. The minimum absolute atomic E-state index is 0.251. The Bertz CT molecular complexity index is 888. The summed E-state index contributed by atoms with van der Waals surface area (Å²) < 4.78 is 10.5. The molecular weight excluding hydrogens is 378 g/mol. The van der Waals surface area contributed by atoms with Crippen LogP contribution in [-0.4, -0.2) is 38.2 Å². The van der Waals surface area contributed by atoms with E-state index in [9.17, 15) is 10.1 Å². The van der Waals surface area contributed by atoms with Gasteiger partial charge in [0.2, 0.25) is 0 Å². The zero-order chi connectivity index (χ0) is 20.1. The minimum atomic E-state index is -0.556. The number of methoxy groups -OCH3 is 2. The zero-order valence-corrected chi connectivity index (χ0v) is 16.6. The third kappa shape index (κ3) is 3.85. The second kappa shape index (κ2) is 8.41. The number of anilines is 1. The largest absolute Gasteiger partial charge is 0.495 e. The first kappa shape index (κ1) is 19.8. The highest BCUT2D eigenvalue weighted by atomic mass is 35.5. The van der Waals surface area contributed by atoms with E-state index in [1.54, 1.807) is 17.0 Å². The van der Waals surface area contributed by atoms with Crippen molar-refractivity contribution in [2.24, 2.45) is 0 Å². The molecule has 3 rings (SSSR count). The van der Waals surface area contributed by atoms with Gasteiger partial charge < -0.3 is 19.7 Å². The molecule has 2 aromatic rings. The fourth-order valence-corrected chi connectivity index (χ4v) is 3.71. The first-order chi connectivity index (χ1) is 13.5. The van der Waals surface area contributed by atoms with E-state index in [1.807, 2.05) is 30.3 Å². The molecule has 1 fully saturated rings. The van der Waals surface area contributed by atoms with Crippen molar-refractivity contribution in [3.8, 4) is 17.6 Å². The number of benzene rings is 2. The number of carbonyl (C=O) groups excluding carboxylic acids is 1. The molecule has 146 valence electrons. The van der Waals surface area contributed by atoms with E-state index in [0.717, 1.165) is 5.56 Å². The van der Waals surface area contributed by atoms with Gasteiger partial charge in [0, 0.05) is 19.2 Å². The van der Waals surface area contributed by atoms with Crippen LogP contribution in [0.2, 0.25) is 5.02 Å². The molecule has 2 aromatic carbocycles. The molecule has 0 atom stereocenters. The summed E-state index contributed by atoms with van der Waals surface area (Å²) >= 11 is 6.17. The van der Waals surface area contributed by atoms with E-state index in [0.29, 0.717) is 48.1 Å². The predicted octanol–water partition coefficient (Wildman–Crippen LogP) is 4.45. The van der Waals surface area contributed by atoms with Crippen molar-refractivity contribution >= 4 is 23.3 Å². The lowest BCUT2D eigenvalue weighted by molar-refractivity contribution is 0.183. The average Bonchev–Trinajstić information content (AvgIpc) is 2.74. The Morgan fingerprint density at radius 2 is 1.79 bits per heavy atom. The summed E-state index contributed by atoms with van der Waals surface area (Å²) in [5.41, 5.74) is 0.915. The summed E-state index contributed by atoms with van der Waals surface area (Å²) in [6, 6.07) is 15.2. The van der Waals surface area contributed by atoms with Crippen molar-refractivity contribution in [3.05, 3.63) is 53.1 Å². The van der Waals surface area contributed by atoms with E-state index in [1.165, 1.54) is 14.2 Å². The fraction of sp³-hybridized carbons (Fsp3) is 0.333. The number of ether oxygens (including phenoxy) is 2. The molecule has 0 bridgehead atoms. The second-order valence-corrected chi connectivity index (χ2v) is 7.07. The summed E-state index contributed by atoms with van der Waals surface area (Å²) in [4.78, 5) is 14.4. The van der Waals surface area contributed by atoms with Crippen LogP contribution in [0.4, 0.5) is 10.5 Å². The Balaban J connectivity index is 1.71. The molecular formula is C21H22ClN3O3. The standard InChI is InChI=1S/C21H22ClN3O3/c1-27-18-13-19(28-2)17(12-16(18)22)24-20(26)25-10-8-21(14-23,9-11-25)15-6-4-3-5-7-15/h3-7,12-13H,8-11H2,1-2H3,(H,24,26). The molecule has 0 saturated carbocycles. The molecule has 1 N–H and O–H groups in total.